The molecule has 0 aliphatic rings. The fourth-order valence-electron chi connectivity index (χ4n) is 3.47. The maximum atomic E-state index is 4.39. The van der Waals surface area contributed by atoms with E-state index in [2.05, 4.69) is 114 Å². The van der Waals surface area contributed by atoms with Gasteiger partial charge in [-0.05, 0) is 84.7 Å². The molecule has 31 heavy (non-hydrogen) atoms. The molecule has 0 atom stereocenters. The quantitative estimate of drug-likeness (QED) is 0.383. The molecule has 0 N–H and O–H groups in total. The van der Waals surface area contributed by atoms with Gasteiger partial charge < -0.3 is 0 Å². The standard InChI is InChI=1S/C31H34/c1-9-22(5)23(6)16-17-24(7)25(8)30-14-13-15-31(29(30)12-4)28-20-18-27(19-21-28)26(10-2)11-3/h9-21H,2,4,8H2,1,3,5-7H3/b22-9+,23-16+,24-17+,26-11+. The molecule has 0 amide bonds. The van der Waals surface area contributed by atoms with Crippen LogP contribution < -0.4 is 0 Å². The van der Waals surface area contributed by atoms with Crippen LogP contribution in [0.15, 0.2) is 109 Å². The number of benzene rings is 2. The van der Waals surface area contributed by atoms with Crippen molar-refractivity contribution >= 4 is 17.2 Å². The maximum Gasteiger partial charge on any atom is -0.0105 e. The predicted octanol–water partition coefficient (Wildman–Crippen LogP) is 9.46. The summed E-state index contributed by atoms with van der Waals surface area (Å²) in [6.45, 7) is 22.9. The highest BCUT2D eigenvalue weighted by molar-refractivity contribution is 5.88. The van der Waals surface area contributed by atoms with Gasteiger partial charge in [-0.3, -0.25) is 0 Å². The van der Waals surface area contributed by atoms with Crippen LogP contribution in [-0.4, -0.2) is 0 Å². The molecule has 0 radical (unpaired) electrons. The molecule has 0 bridgehead atoms. The van der Waals surface area contributed by atoms with Gasteiger partial charge in [0.25, 0.3) is 0 Å². The van der Waals surface area contributed by atoms with Crippen LogP contribution in [0.3, 0.4) is 0 Å². The largest absolute Gasteiger partial charge is 0.0985 e. The molecule has 0 heterocycles. The zero-order chi connectivity index (χ0) is 23.0. The van der Waals surface area contributed by atoms with Gasteiger partial charge in [0, 0.05) is 0 Å². The van der Waals surface area contributed by atoms with Crippen LogP contribution in [-0.2, 0) is 0 Å². The molecule has 0 aliphatic heterocycles. The number of rotatable bonds is 8. The summed E-state index contributed by atoms with van der Waals surface area (Å²) in [6, 6.07) is 15.0. The molecule has 0 aliphatic carbocycles. The molecular formula is C31H34. The fraction of sp³-hybridized carbons (Fsp3) is 0.161. The summed E-state index contributed by atoms with van der Waals surface area (Å²) in [5.41, 5.74) is 11.5. The highest BCUT2D eigenvalue weighted by Crippen LogP contribution is 2.33. The van der Waals surface area contributed by atoms with E-state index in [-0.39, 0.29) is 0 Å². The van der Waals surface area contributed by atoms with Crippen molar-refractivity contribution in [2.75, 3.05) is 0 Å². The Hall–Kier alpha value is -3.38. The van der Waals surface area contributed by atoms with Crippen LogP contribution in [0.1, 0.15) is 51.3 Å². The van der Waals surface area contributed by atoms with E-state index in [0.717, 1.165) is 39.0 Å². The monoisotopic (exact) mass is 406 g/mol. The second kappa shape index (κ2) is 11.1. The smallest absolute Gasteiger partial charge is 0.0105 e. The topological polar surface area (TPSA) is 0 Å². The van der Waals surface area contributed by atoms with Gasteiger partial charge in [0.15, 0.2) is 0 Å². The Morgan fingerprint density at radius 3 is 1.97 bits per heavy atom. The van der Waals surface area contributed by atoms with E-state index in [1.807, 2.05) is 19.1 Å². The lowest BCUT2D eigenvalue weighted by molar-refractivity contribution is 1.32. The Balaban J connectivity index is 2.47. The molecule has 2 rings (SSSR count). The van der Waals surface area contributed by atoms with Gasteiger partial charge in [0.1, 0.15) is 0 Å². The van der Waals surface area contributed by atoms with Crippen molar-refractivity contribution in [3.63, 3.8) is 0 Å². The summed E-state index contributed by atoms with van der Waals surface area (Å²) in [5.74, 6) is 0. The fourth-order valence-corrected chi connectivity index (χ4v) is 3.47. The summed E-state index contributed by atoms with van der Waals surface area (Å²) in [5, 5.41) is 0. The average molecular weight is 407 g/mol. The molecule has 0 spiro atoms. The van der Waals surface area contributed by atoms with E-state index < -0.39 is 0 Å². The van der Waals surface area contributed by atoms with Crippen LogP contribution in [0.5, 0.6) is 0 Å². The van der Waals surface area contributed by atoms with Gasteiger partial charge in [-0.1, -0.05) is 104 Å². The zero-order valence-corrected chi connectivity index (χ0v) is 19.6. The first kappa shape index (κ1) is 23.9. The van der Waals surface area contributed by atoms with E-state index in [1.54, 1.807) is 0 Å². The van der Waals surface area contributed by atoms with Crippen LogP contribution in [0.25, 0.3) is 28.3 Å². The molecular weight excluding hydrogens is 372 g/mol. The minimum Gasteiger partial charge on any atom is -0.0985 e. The van der Waals surface area contributed by atoms with Crippen LogP contribution in [0.4, 0.5) is 0 Å². The third kappa shape index (κ3) is 5.61. The second-order valence-corrected chi connectivity index (χ2v) is 7.65. The third-order valence-corrected chi connectivity index (χ3v) is 5.81. The highest BCUT2D eigenvalue weighted by atomic mass is 14.2. The van der Waals surface area contributed by atoms with E-state index in [1.165, 1.54) is 16.7 Å². The predicted molar refractivity (Wildman–Crippen MR) is 142 cm³/mol. The highest BCUT2D eigenvalue weighted by Gasteiger charge is 2.11. The Kier molecular flexibility index (Phi) is 8.58. The molecule has 0 saturated heterocycles. The molecule has 0 aromatic heterocycles. The van der Waals surface area contributed by atoms with Gasteiger partial charge in [0.05, 0.1) is 0 Å². The Bertz CT molecular complexity index is 1090. The zero-order valence-electron chi connectivity index (χ0n) is 19.6. The summed E-state index contributed by atoms with van der Waals surface area (Å²) < 4.78 is 0. The summed E-state index contributed by atoms with van der Waals surface area (Å²) >= 11 is 0. The van der Waals surface area contributed by atoms with Crippen LogP contribution >= 0.6 is 0 Å². The van der Waals surface area contributed by atoms with Crippen molar-refractivity contribution in [3.05, 3.63) is 126 Å². The van der Waals surface area contributed by atoms with Crippen LogP contribution in [0.2, 0.25) is 0 Å². The first-order valence-corrected chi connectivity index (χ1v) is 10.7. The molecule has 2 aromatic carbocycles. The molecule has 0 unspecified atom stereocenters. The molecule has 0 fully saturated rings. The molecule has 0 saturated carbocycles. The van der Waals surface area contributed by atoms with Gasteiger partial charge in [0.2, 0.25) is 0 Å². The third-order valence-electron chi connectivity index (χ3n) is 5.81. The number of hydrogen-bond acceptors (Lipinski definition) is 0. The Morgan fingerprint density at radius 2 is 1.42 bits per heavy atom. The van der Waals surface area contributed by atoms with E-state index in [0.29, 0.717) is 0 Å². The van der Waals surface area contributed by atoms with Gasteiger partial charge >= 0.3 is 0 Å². The number of allylic oxidation sites excluding steroid dienone is 10. The lowest BCUT2D eigenvalue weighted by Crippen LogP contribution is -1.93. The molecule has 2 aromatic rings. The van der Waals surface area contributed by atoms with E-state index in [9.17, 15) is 0 Å². The first-order chi connectivity index (χ1) is 14.9. The lowest BCUT2D eigenvalue weighted by Gasteiger charge is -2.15. The van der Waals surface area contributed by atoms with Crippen molar-refractivity contribution in [1.29, 1.82) is 0 Å². The minimum absolute atomic E-state index is 1.01. The first-order valence-electron chi connectivity index (χ1n) is 10.7. The maximum absolute atomic E-state index is 4.39. The molecule has 158 valence electrons. The summed E-state index contributed by atoms with van der Waals surface area (Å²) in [4.78, 5) is 0. The van der Waals surface area contributed by atoms with Crippen LogP contribution in [0, 0.1) is 0 Å². The Labute approximate surface area is 189 Å². The lowest BCUT2D eigenvalue weighted by atomic mass is 9.89. The van der Waals surface area contributed by atoms with Crippen molar-refractivity contribution in [2.24, 2.45) is 0 Å². The van der Waals surface area contributed by atoms with E-state index in [4.69, 9.17) is 0 Å². The Morgan fingerprint density at radius 1 is 0.774 bits per heavy atom. The van der Waals surface area contributed by atoms with Crippen molar-refractivity contribution < 1.29 is 0 Å². The molecule has 0 nitrogen and oxygen atoms in total. The minimum atomic E-state index is 1.01. The van der Waals surface area contributed by atoms with Gasteiger partial charge in [-0.25, -0.2) is 0 Å². The normalized spacial score (nSPS) is 13.2. The summed E-state index contributed by atoms with van der Waals surface area (Å²) in [6.07, 6.45) is 12.3. The molecule has 0 heteroatoms. The van der Waals surface area contributed by atoms with Crippen molar-refractivity contribution in [1.82, 2.24) is 0 Å². The second-order valence-electron chi connectivity index (χ2n) is 7.65. The average Bonchev–Trinajstić information content (AvgIpc) is 2.81. The van der Waals surface area contributed by atoms with Crippen molar-refractivity contribution in [2.45, 2.75) is 34.6 Å². The van der Waals surface area contributed by atoms with Gasteiger partial charge in [-0.15, -0.1) is 0 Å². The summed E-state index contributed by atoms with van der Waals surface area (Å²) in [7, 11) is 0. The van der Waals surface area contributed by atoms with E-state index >= 15 is 0 Å². The SMILES string of the molecule is C=C/C(=C\C)c1ccc(-c2cccc(C(=C)/C(C)=C/C=C(C)/C(C)=C/C)c2C=C)cc1. The van der Waals surface area contributed by atoms with Crippen molar-refractivity contribution in [3.8, 4) is 11.1 Å². The number of hydrogen-bond donors (Lipinski definition) is 0. The van der Waals surface area contributed by atoms with Gasteiger partial charge in [-0.2, -0.15) is 0 Å².